The number of carboxylic acids is 1. The van der Waals surface area contributed by atoms with Gasteiger partial charge in [0, 0.05) is 37.2 Å². The van der Waals surface area contributed by atoms with Crippen molar-refractivity contribution in [1.82, 2.24) is 9.88 Å². The molecule has 0 radical (unpaired) electrons. The predicted molar refractivity (Wildman–Crippen MR) is 113 cm³/mol. The standard InChI is InChI=1S/C22H27N3O6/c1-13(26)23-16-7-5-14(6-8-16)18-17(20(27)28)24-19(30-18)15-9-11-25(12-10-15)21(29)31-22(2,3)4/h5-8,15H,9-12H2,1-4H3,(H,23,26)(H,27,28). The highest BCUT2D eigenvalue weighted by molar-refractivity contribution is 5.93. The van der Waals surface area contributed by atoms with Gasteiger partial charge in [-0.05, 0) is 57.9 Å². The van der Waals surface area contributed by atoms with Crippen molar-refractivity contribution in [3.8, 4) is 11.3 Å². The molecule has 166 valence electrons. The van der Waals surface area contributed by atoms with Crippen LogP contribution in [-0.2, 0) is 9.53 Å². The normalized spacial score (nSPS) is 14.9. The lowest BCUT2D eigenvalue weighted by Crippen LogP contribution is -2.41. The summed E-state index contributed by atoms with van der Waals surface area (Å²) >= 11 is 0. The van der Waals surface area contributed by atoms with E-state index in [0.717, 1.165) is 0 Å². The maximum absolute atomic E-state index is 12.2. The fraction of sp³-hybridized carbons (Fsp3) is 0.455. The second-order valence-corrected chi connectivity index (χ2v) is 8.54. The number of hydrogen-bond donors (Lipinski definition) is 2. The van der Waals surface area contributed by atoms with Gasteiger partial charge in [-0.25, -0.2) is 14.6 Å². The van der Waals surface area contributed by atoms with E-state index < -0.39 is 11.6 Å². The minimum Gasteiger partial charge on any atom is -0.476 e. The van der Waals surface area contributed by atoms with E-state index in [4.69, 9.17) is 9.15 Å². The Balaban J connectivity index is 1.75. The van der Waals surface area contributed by atoms with Crippen LogP contribution in [0.25, 0.3) is 11.3 Å². The molecule has 0 aliphatic carbocycles. The molecule has 1 aromatic heterocycles. The Hall–Kier alpha value is -3.36. The van der Waals surface area contributed by atoms with E-state index in [2.05, 4.69) is 10.3 Å². The molecule has 9 nitrogen and oxygen atoms in total. The smallest absolute Gasteiger partial charge is 0.410 e. The fourth-order valence-corrected chi connectivity index (χ4v) is 3.40. The number of anilines is 1. The van der Waals surface area contributed by atoms with Crippen LogP contribution >= 0.6 is 0 Å². The SMILES string of the molecule is CC(=O)Nc1ccc(-c2oc(C3CCN(C(=O)OC(C)(C)C)CC3)nc2C(=O)O)cc1. The van der Waals surface area contributed by atoms with Gasteiger partial charge in [-0.1, -0.05) is 0 Å². The largest absolute Gasteiger partial charge is 0.476 e. The Labute approximate surface area is 180 Å². The number of piperidine rings is 1. The van der Waals surface area contributed by atoms with Crippen LogP contribution in [0.2, 0.25) is 0 Å². The second kappa shape index (κ2) is 8.79. The van der Waals surface area contributed by atoms with Gasteiger partial charge in [0.2, 0.25) is 5.91 Å². The van der Waals surface area contributed by atoms with E-state index >= 15 is 0 Å². The summed E-state index contributed by atoms with van der Waals surface area (Å²) < 4.78 is 11.3. The molecule has 0 bridgehead atoms. The molecule has 9 heteroatoms. The summed E-state index contributed by atoms with van der Waals surface area (Å²) in [4.78, 5) is 41.0. The van der Waals surface area contributed by atoms with E-state index in [1.165, 1.54) is 6.92 Å². The van der Waals surface area contributed by atoms with Gasteiger partial charge in [-0.3, -0.25) is 4.79 Å². The zero-order valence-electron chi connectivity index (χ0n) is 18.1. The molecule has 1 saturated heterocycles. The summed E-state index contributed by atoms with van der Waals surface area (Å²) in [5.74, 6) is -0.946. The molecular weight excluding hydrogens is 402 g/mol. The third-order valence-electron chi connectivity index (χ3n) is 4.81. The number of likely N-dealkylation sites (tertiary alicyclic amines) is 1. The summed E-state index contributed by atoms with van der Waals surface area (Å²) in [6.07, 6.45) is 0.837. The number of amides is 2. The van der Waals surface area contributed by atoms with Gasteiger partial charge < -0.3 is 24.5 Å². The number of aromatic nitrogens is 1. The topological polar surface area (TPSA) is 122 Å². The van der Waals surface area contributed by atoms with Gasteiger partial charge in [0.05, 0.1) is 0 Å². The average molecular weight is 429 g/mol. The molecule has 0 atom stereocenters. The lowest BCUT2D eigenvalue weighted by Gasteiger charge is -2.32. The number of ether oxygens (including phenoxy) is 1. The molecule has 3 rings (SSSR count). The highest BCUT2D eigenvalue weighted by atomic mass is 16.6. The molecule has 1 aromatic carbocycles. The van der Waals surface area contributed by atoms with Crippen molar-refractivity contribution in [2.45, 2.75) is 52.1 Å². The summed E-state index contributed by atoms with van der Waals surface area (Å²) in [7, 11) is 0. The molecule has 1 fully saturated rings. The van der Waals surface area contributed by atoms with E-state index in [-0.39, 0.29) is 29.4 Å². The molecule has 2 N–H and O–H groups in total. The Morgan fingerprint density at radius 3 is 2.29 bits per heavy atom. The molecule has 0 saturated carbocycles. The summed E-state index contributed by atoms with van der Waals surface area (Å²) in [6, 6.07) is 6.69. The number of rotatable bonds is 4. The van der Waals surface area contributed by atoms with Crippen LogP contribution in [-0.4, -0.2) is 51.7 Å². The maximum Gasteiger partial charge on any atom is 0.410 e. The molecule has 0 spiro atoms. The summed E-state index contributed by atoms with van der Waals surface area (Å²) in [6.45, 7) is 7.83. The minimum absolute atomic E-state index is 0.0933. The highest BCUT2D eigenvalue weighted by Crippen LogP contribution is 2.33. The van der Waals surface area contributed by atoms with E-state index in [1.54, 1.807) is 29.2 Å². The molecule has 2 heterocycles. The first kappa shape index (κ1) is 22.3. The van der Waals surface area contributed by atoms with Crippen LogP contribution in [0.3, 0.4) is 0 Å². The maximum atomic E-state index is 12.2. The minimum atomic E-state index is -1.18. The van der Waals surface area contributed by atoms with Gasteiger partial charge in [0.15, 0.2) is 17.3 Å². The number of nitrogens with one attached hydrogen (secondary N) is 1. The number of oxazole rings is 1. The Bertz CT molecular complexity index is 966. The number of carboxylic acid groups (broad SMARTS) is 1. The number of carbonyl (C=O) groups is 3. The fourth-order valence-electron chi connectivity index (χ4n) is 3.40. The van der Waals surface area contributed by atoms with Crippen molar-refractivity contribution in [3.05, 3.63) is 35.9 Å². The van der Waals surface area contributed by atoms with Crippen molar-refractivity contribution < 1.29 is 28.6 Å². The van der Waals surface area contributed by atoms with Crippen molar-refractivity contribution >= 4 is 23.7 Å². The Kier molecular flexibility index (Phi) is 6.33. The molecule has 1 aliphatic rings. The summed E-state index contributed by atoms with van der Waals surface area (Å²) in [5, 5.41) is 12.2. The van der Waals surface area contributed by atoms with Crippen LogP contribution in [0.15, 0.2) is 28.7 Å². The quantitative estimate of drug-likeness (QED) is 0.750. The van der Waals surface area contributed by atoms with Gasteiger partial charge >= 0.3 is 12.1 Å². The lowest BCUT2D eigenvalue weighted by atomic mass is 9.97. The van der Waals surface area contributed by atoms with Crippen LogP contribution in [0.1, 0.15) is 62.8 Å². The molecule has 0 unspecified atom stereocenters. The van der Waals surface area contributed by atoms with Gasteiger partial charge in [-0.15, -0.1) is 0 Å². The third-order valence-corrected chi connectivity index (χ3v) is 4.81. The van der Waals surface area contributed by atoms with Crippen LogP contribution in [0.5, 0.6) is 0 Å². The first-order chi connectivity index (χ1) is 14.5. The number of nitrogens with zero attached hydrogens (tertiary/aromatic N) is 2. The molecule has 2 aromatic rings. The molecule has 31 heavy (non-hydrogen) atoms. The third kappa shape index (κ3) is 5.62. The van der Waals surface area contributed by atoms with Gasteiger partial charge in [0.25, 0.3) is 0 Å². The van der Waals surface area contributed by atoms with E-state index in [1.807, 2.05) is 20.8 Å². The second-order valence-electron chi connectivity index (χ2n) is 8.54. The monoisotopic (exact) mass is 429 g/mol. The van der Waals surface area contributed by atoms with Crippen LogP contribution in [0.4, 0.5) is 10.5 Å². The molecular formula is C22H27N3O6. The van der Waals surface area contributed by atoms with E-state index in [0.29, 0.717) is 43.1 Å². The molecule has 2 amide bonds. The van der Waals surface area contributed by atoms with Crippen LogP contribution < -0.4 is 5.32 Å². The highest BCUT2D eigenvalue weighted by Gasteiger charge is 2.31. The number of benzene rings is 1. The zero-order chi connectivity index (χ0) is 22.8. The van der Waals surface area contributed by atoms with Gasteiger partial charge in [0.1, 0.15) is 5.60 Å². The van der Waals surface area contributed by atoms with Crippen molar-refractivity contribution in [1.29, 1.82) is 0 Å². The van der Waals surface area contributed by atoms with Gasteiger partial charge in [-0.2, -0.15) is 0 Å². The van der Waals surface area contributed by atoms with E-state index in [9.17, 15) is 19.5 Å². The average Bonchev–Trinajstić information content (AvgIpc) is 3.13. The van der Waals surface area contributed by atoms with Crippen LogP contribution in [0, 0.1) is 0 Å². The number of carbonyl (C=O) groups excluding carboxylic acids is 2. The lowest BCUT2D eigenvalue weighted by molar-refractivity contribution is -0.114. The molecule has 1 aliphatic heterocycles. The Morgan fingerprint density at radius 2 is 1.77 bits per heavy atom. The zero-order valence-corrected chi connectivity index (χ0v) is 18.1. The summed E-state index contributed by atoms with van der Waals surface area (Å²) in [5.41, 5.74) is 0.438. The number of aromatic carboxylic acids is 1. The number of hydrogen-bond acceptors (Lipinski definition) is 6. The van der Waals surface area contributed by atoms with Crippen molar-refractivity contribution in [2.75, 3.05) is 18.4 Å². The first-order valence-electron chi connectivity index (χ1n) is 10.1. The predicted octanol–water partition coefficient (Wildman–Crippen LogP) is 4.11. The van der Waals surface area contributed by atoms with Crippen molar-refractivity contribution in [2.24, 2.45) is 0 Å². The van der Waals surface area contributed by atoms with Crippen molar-refractivity contribution in [3.63, 3.8) is 0 Å². The first-order valence-corrected chi connectivity index (χ1v) is 10.1. The Morgan fingerprint density at radius 1 is 1.16 bits per heavy atom.